The van der Waals surface area contributed by atoms with Crippen LogP contribution in [0.2, 0.25) is 0 Å². The molecule has 122 valence electrons. The topological polar surface area (TPSA) is 53.0 Å². The molecule has 0 spiro atoms. The number of carbonyl (C=O) groups excluding carboxylic acids is 1. The van der Waals surface area contributed by atoms with Crippen molar-refractivity contribution in [3.8, 4) is 0 Å². The summed E-state index contributed by atoms with van der Waals surface area (Å²) in [6, 6.07) is 13.6. The second-order valence-electron chi connectivity index (χ2n) is 6.12. The van der Waals surface area contributed by atoms with Crippen LogP contribution in [0, 0.1) is 0 Å². The SMILES string of the molecule is CN(C)c1ccc2c(c1)C(=C1C(=O)N(CO)c3ccccc31)OC2. The lowest BCUT2D eigenvalue weighted by molar-refractivity contribution is -0.113. The molecule has 0 bridgehead atoms. The lowest BCUT2D eigenvalue weighted by atomic mass is 10.00. The summed E-state index contributed by atoms with van der Waals surface area (Å²) >= 11 is 0. The molecule has 1 amide bonds. The molecule has 0 aromatic heterocycles. The number of para-hydroxylation sites is 1. The molecular weight excluding hydrogens is 304 g/mol. The van der Waals surface area contributed by atoms with Gasteiger partial charge in [0.05, 0.1) is 11.3 Å². The summed E-state index contributed by atoms with van der Waals surface area (Å²) in [6.07, 6.45) is 0. The third-order valence-corrected chi connectivity index (χ3v) is 4.52. The van der Waals surface area contributed by atoms with Gasteiger partial charge in [0.2, 0.25) is 0 Å². The zero-order valence-electron chi connectivity index (χ0n) is 13.6. The summed E-state index contributed by atoms with van der Waals surface area (Å²) in [5, 5.41) is 9.59. The minimum atomic E-state index is -0.350. The maximum absolute atomic E-state index is 12.8. The predicted molar refractivity (Wildman–Crippen MR) is 93.4 cm³/mol. The number of nitrogens with zero attached hydrogens (tertiary/aromatic N) is 2. The Bertz CT molecular complexity index is 871. The fourth-order valence-electron chi connectivity index (χ4n) is 3.25. The number of benzene rings is 2. The summed E-state index contributed by atoms with van der Waals surface area (Å²) in [5.74, 6) is 0.374. The van der Waals surface area contributed by atoms with E-state index in [9.17, 15) is 9.90 Å². The summed E-state index contributed by atoms with van der Waals surface area (Å²) < 4.78 is 5.89. The van der Waals surface area contributed by atoms with Crippen LogP contribution in [0.1, 0.15) is 16.7 Å². The van der Waals surface area contributed by atoms with Crippen LogP contribution in [0.25, 0.3) is 11.3 Å². The van der Waals surface area contributed by atoms with Crippen LogP contribution in [0.5, 0.6) is 0 Å². The van der Waals surface area contributed by atoms with E-state index in [2.05, 4.69) is 0 Å². The first kappa shape index (κ1) is 14.8. The van der Waals surface area contributed by atoms with Crippen molar-refractivity contribution in [3.05, 3.63) is 59.2 Å². The highest BCUT2D eigenvalue weighted by atomic mass is 16.5. The normalized spacial score (nSPS) is 18.5. The minimum absolute atomic E-state index is 0.225. The van der Waals surface area contributed by atoms with Crippen LogP contribution >= 0.6 is 0 Å². The Morgan fingerprint density at radius 2 is 1.96 bits per heavy atom. The Morgan fingerprint density at radius 3 is 2.71 bits per heavy atom. The van der Waals surface area contributed by atoms with Crippen LogP contribution in [-0.2, 0) is 16.1 Å². The molecule has 5 nitrogen and oxygen atoms in total. The molecule has 0 saturated heterocycles. The lowest BCUT2D eigenvalue weighted by Crippen LogP contribution is -2.27. The van der Waals surface area contributed by atoms with Crippen LogP contribution in [-0.4, -0.2) is 31.8 Å². The van der Waals surface area contributed by atoms with Crippen LogP contribution in [0.4, 0.5) is 11.4 Å². The Labute approximate surface area is 140 Å². The van der Waals surface area contributed by atoms with Gasteiger partial charge in [-0.15, -0.1) is 0 Å². The van der Waals surface area contributed by atoms with E-state index in [4.69, 9.17) is 4.74 Å². The van der Waals surface area contributed by atoms with Crippen molar-refractivity contribution in [2.24, 2.45) is 0 Å². The number of anilines is 2. The van der Waals surface area contributed by atoms with Gasteiger partial charge in [-0.2, -0.15) is 0 Å². The third-order valence-electron chi connectivity index (χ3n) is 4.52. The minimum Gasteiger partial charge on any atom is -0.487 e. The highest BCUT2D eigenvalue weighted by molar-refractivity contribution is 6.37. The largest absolute Gasteiger partial charge is 0.487 e. The first-order chi connectivity index (χ1) is 11.6. The molecule has 0 fully saturated rings. The number of carbonyl (C=O) groups is 1. The summed E-state index contributed by atoms with van der Waals surface area (Å²) in [6.45, 7) is 0.105. The van der Waals surface area contributed by atoms with Gasteiger partial charge < -0.3 is 14.7 Å². The second-order valence-corrected chi connectivity index (χ2v) is 6.12. The predicted octanol–water partition coefficient (Wildman–Crippen LogP) is 2.45. The molecule has 2 aliphatic rings. The fraction of sp³-hybridized carbons (Fsp3) is 0.211. The molecule has 24 heavy (non-hydrogen) atoms. The molecular formula is C19H18N2O3. The number of aliphatic hydroxyl groups is 1. The van der Waals surface area contributed by atoms with Gasteiger partial charge in [-0.25, -0.2) is 0 Å². The van der Waals surface area contributed by atoms with Crippen molar-refractivity contribution in [3.63, 3.8) is 0 Å². The van der Waals surface area contributed by atoms with E-state index in [0.717, 1.165) is 22.4 Å². The van der Waals surface area contributed by atoms with Gasteiger partial charge in [0, 0.05) is 36.5 Å². The van der Waals surface area contributed by atoms with Crippen molar-refractivity contribution in [1.29, 1.82) is 0 Å². The van der Waals surface area contributed by atoms with Gasteiger partial charge >= 0.3 is 0 Å². The van der Waals surface area contributed by atoms with Crippen molar-refractivity contribution in [2.45, 2.75) is 6.61 Å². The van der Waals surface area contributed by atoms with Gasteiger partial charge in [0.25, 0.3) is 5.91 Å². The Balaban J connectivity index is 1.94. The van der Waals surface area contributed by atoms with Crippen molar-refractivity contribution < 1.29 is 14.6 Å². The van der Waals surface area contributed by atoms with Crippen LogP contribution in [0.15, 0.2) is 42.5 Å². The van der Waals surface area contributed by atoms with Crippen LogP contribution in [0.3, 0.4) is 0 Å². The molecule has 2 heterocycles. The Morgan fingerprint density at radius 1 is 1.17 bits per heavy atom. The first-order valence-electron chi connectivity index (χ1n) is 7.81. The van der Waals surface area contributed by atoms with Gasteiger partial charge in [-0.3, -0.25) is 9.69 Å². The van der Waals surface area contributed by atoms with Gasteiger partial charge in [0.1, 0.15) is 19.1 Å². The first-order valence-corrected chi connectivity index (χ1v) is 7.81. The summed E-state index contributed by atoms with van der Waals surface area (Å²) in [7, 11) is 3.96. The smallest absolute Gasteiger partial charge is 0.264 e. The average Bonchev–Trinajstić information content (AvgIpc) is 3.11. The molecule has 2 aliphatic heterocycles. The van der Waals surface area contributed by atoms with E-state index in [0.29, 0.717) is 23.6 Å². The lowest BCUT2D eigenvalue weighted by Gasteiger charge is -2.14. The van der Waals surface area contributed by atoms with Gasteiger partial charge in [-0.1, -0.05) is 24.3 Å². The highest BCUT2D eigenvalue weighted by Crippen LogP contribution is 2.44. The summed E-state index contributed by atoms with van der Waals surface area (Å²) in [4.78, 5) is 16.2. The molecule has 0 aliphatic carbocycles. The quantitative estimate of drug-likeness (QED) is 0.863. The molecule has 2 aromatic rings. The molecule has 2 aromatic carbocycles. The van der Waals surface area contributed by atoms with Crippen LogP contribution < -0.4 is 9.80 Å². The average molecular weight is 322 g/mol. The zero-order valence-corrected chi connectivity index (χ0v) is 13.6. The Kier molecular flexibility index (Phi) is 3.32. The number of aliphatic hydroxyl groups excluding tert-OH is 1. The fourth-order valence-corrected chi connectivity index (χ4v) is 3.25. The number of amides is 1. The molecule has 0 atom stereocenters. The van der Waals surface area contributed by atoms with Crippen molar-refractivity contribution in [1.82, 2.24) is 0 Å². The summed E-state index contributed by atoms with van der Waals surface area (Å²) in [5.41, 5.74) is 5.10. The third kappa shape index (κ3) is 2.02. The molecule has 1 N–H and O–H groups in total. The van der Waals surface area contributed by atoms with E-state index in [1.807, 2.05) is 61.5 Å². The van der Waals surface area contributed by atoms with Gasteiger partial charge in [-0.05, 0) is 18.2 Å². The van der Waals surface area contributed by atoms with E-state index < -0.39 is 0 Å². The molecule has 5 heteroatoms. The number of fused-ring (bicyclic) bond motifs is 2. The maximum atomic E-state index is 12.8. The standard InChI is InChI=1S/C19H18N2O3/c1-20(2)13-8-7-12-10-24-18(15(12)9-13)17-14-5-3-4-6-16(14)21(11-22)19(17)23/h3-9,22H,10-11H2,1-2H3. The molecule has 0 saturated carbocycles. The molecule has 0 radical (unpaired) electrons. The number of hydrogen-bond donors (Lipinski definition) is 1. The van der Waals surface area contributed by atoms with Crippen molar-refractivity contribution >= 4 is 28.6 Å². The van der Waals surface area contributed by atoms with E-state index in [1.54, 1.807) is 0 Å². The van der Waals surface area contributed by atoms with Crippen molar-refractivity contribution in [2.75, 3.05) is 30.6 Å². The number of rotatable bonds is 2. The highest BCUT2D eigenvalue weighted by Gasteiger charge is 2.37. The monoisotopic (exact) mass is 322 g/mol. The number of hydrogen-bond acceptors (Lipinski definition) is 4. The molecule has 4 rings (SSSR count). The number of ether oxygens (including phenoxy) is 1. The Hall–Kier alpha value is -2.79. The molecule has 0 unspecified atom stereocenters. The second kappa shape index (κ2) is 5.39. The maximum Gasteiger partial charge on any atom is 0.264 e. The van der Waals surface area contributed by atoms with E-state index in [-0.39, 0.29) is 12.6 Å². The zero-order chi connectivity index (χ0) is 16.8. The van der Waals surface area contributed by atoms with Gasteiger partial charge in [0.15, 0.2) is 0 Å². The van der Waals surface area contributed by atoms with E-state index >= 15 is 0 Å². The van der Waals surface area contributed by atoms with E-state index in [1.165, 1.54) is 4.90 Å².